The lowest BCUT2D eigenvalue weighted by Gasteiger charge is -2.25. The Kier molecular flexibility index (Phi) is 5.88. The molecule has 0 amide bonds. The van der Waals surface area contributed by atoms with Crippen molar-refractivity contribution in [2.45, 2.75) is 31.4 Å². The van der Waals surface area contributed by atoms with E-state index in [2.05, 4.69) is 4.99 Å². The predicted octanol–water partition coefficient (Wildman–Crippen LogP) is 3.08. The third-order valence-corrected chi connectivity index (χ3v) is 5.77. The Hall–Kier alpha value is -1.99. The van der Waals surface area contributed by atoms with E-state index in [-0.39, 0.29) is 11.9 Å². The number of aliphatic hydroxyl groups is 1. The molecule has 0 saturated carbocycles. The number of methoxy groups -OCH3 is 3. The highest BCUT2D eigenvalue weighted by molar-refractivity contribution is 8.14. The molecule has 3 rings (SSSR count). The van der Waals surface area contributed by atoms with E-state index in [4.69, 9.17) is 14.2 Å². The molecule has 0 radical (unpaired) electrons. The second-order valence-electron chi connectivity index (χ2n) is 6.21. The highest BCUT2D eigenvalue weighted by Gasteiger charge is 2.34. The standard InChI is InChI=1S/C19H23NO5S/c1-23-15-8-12(9-16(24-2)18(15)25-3)17(22)14-10-26-19(20-14)11-4-6-13(21)7-5-11/h4,6,8,14,16,21H,5,7,9-10H2,1-3H3. The molecule has 0 saturated heterocycles. The first-order valence-electron chi connectivity index (χ1n) is 8.46. The maximum Gasteiger partial charge on any atom is 0.184 e. The number of aliphatic imine (C=N–C) groups is 1. The zero-order valence-electron chi connectivity index (χ0n) is 15.2. The largest absolute Gasteiger partial charge is 0.512 e. The SMILES string of the molecule is COC1=C(OC)C(OC)CC(C(=O)C2CSC(C3=CC=C(O)CC3)=N2)=C1. The summed E-state index contributed by atoms with van der Waals surface area (Å²) in [6.07, 6.45) is 6.78. The summed E-state index contributed by atoms with van der Waals surface area (Å²) < 4.78 is 16.2. The van der Waals surface area contributed by atoms with Gasteiger partial charge >= 0.3 is 0 Å². The van der Waals surface area contributed by atoms with Crippen LogP contribution in [-0.2, 0) is 19.0 Å². The minimum Gasteiger partial charge on any atom is -0.512 e. The van der Waals surface area contributed by atoms with Gasteiger partial charge in [-0.2, -0.15) is 0 Å². The maximum absolute atomic E-state index is 13.0. The van der Waals surface area contributed by atoms with Gasteiger partial charge in [0.2, 0.25) is 0 Å². The minimum atomic E-state index is -0.402. The summed E-state index contributed by atoms with van der Waals surface area (Å²) in [7, 11) is 4.70. The molecule has 1 heterocycles. The summed E-state index contributed by atoms with van der Waals surface area (Å²) in [6.45, 7) is 0. The van der Waals surface area contributed by atoms with Crippen LogP contribution in [0.3, 0.4) is 0 Å². The van der Waals surface area contributed by atoms with Crippen LogP contribution in [0.1, 0.15) is 19.3 Å². The summed E-state index contributed by atoms with van der Waals surface area (Å²) in [4.78, 5) is 17.6. The monoisotopic (exact) mass is 377 g/mol. The third-order valence-electron chi connectivity index (χ3n) is 4.64. The zero-order chi connectivity index (χ0) is 18.7. The molecule has 2 aliphatic carbocycles. The lowest BCUT2D eigenvalue weighted by Crippen LogP contribution is -2.28. The number of hydrogen-bond acceptors (Lipinski definition) is 7. The van der Waals surface area contributed by atoms with E-state index >= 15 is 0 Å². The van der Waals surface area contributed by atoms with Crippen LogP contribution in [0.2, 0.25) is 0 Å². The molecule has 0 fully saturated rings. The first-order valence-corrected chi connectivity index (χ1v) is 9.45. The van der Waals surface area contributed by atoms with E-state index in [0.29, 0.717) is 41.4 Å². The summed E-state index contributed by atoms with van der Waals surface area (Å²) in [6, 6.07) is -0.402. The van der Waals surface area contributed by atoms with E-state index in [1.807, 2.05) is 6.08 Å². The minimum absolute atomic E-state index is 0.00551. The number of carbonyl (C=O) groups excluding carboxylic acids is 1. The van der Waals surface area contributed by atoms with Crippen molar-refractivity contribution < 1.29 is 24.1 Å². The van der Waals surface area contributed by atoms with Crippen LogP contribution in [-0.4, -0.2) is 55.2 Å². The van der Waals surface area contributed by atoms with Gasteiger partial charge in [-0.25, -0.2) is 0 Å². The Morgan fingerprint density at radius 2 is 2.04 bits per heavy atom. The summed E-state index contributed by atoms with van der Waals surface area (Å²) in [5, 5.41) is 10.4. The first-order chi connectivity index (χ1) is 12.6. The number of rotatable bonds is 6. The molecule has 0 spiro atoms. The van der Waals surface area contributed by atoms with Crippen molar-refractivity contribution in [1.29, 1.82) is 0 Å². The second-order valence-corrected chi connectivity index (χ2v) is 7.22. The Morgan fingerprint density at radius 1 is 1.23 bits per heavy atom. The summed E-state index contributed by atoms with van der Waals surface area (Å²) in [5.74, 6) is 2.11. The average molecular weight is 377 g/mol. The van der Waals surface area contributed by atoms with Gasteiger partial charge in [0.25, 0.3) is 0 Å². The number of ketones is 1. The van der Waals surface area contributed by atoms with Gasteiger partial charge in [0.1, 0.15) is 12.1 Å². The van der Waals surface area contributed by atoms with Gasteiger partial charge in [0, 0.05) is 31.3 Å². The fraction of sp³-hybridized carbons (Fsp3) is 0.474. The van der Waals surface area contributed by atoms with E-state index in [1.165, 1.54) is 0 Å². The molecule has 1 N–H and O–H groups in total. The quantitative estimate of drug-likeness (QED) is 0.766. The topological polar surface area (TPSA) is 77.4 Å². The summed E-state index contributed by atoms with van der Waals surface area (Å²) >= 11 is 1.59. The molecule has 26 heavy (non-hydrogen) atoms. The molecule has 2 unspecified atom stereocenters. The first kappa shape index (κ1) is 18.8. The molecular formula is C19H23NO5S. The molecule has 1 aliphatic heterocycles. The van der Waals surface area contributed by atoms with Gasteiger partial charge in [-0.15, -0.1) is 11.8 Å². The van der Waals surface area contributed by atoms with Gasteiger partial charge in [-0.1, -0.05) is 6.08 Å². The molecule has 0 aromatic rings. The van der Waals surface area contributed by atoms with E-state index in [0.717, 1.165) is 17.0 Å². The molecule has 0 bridgehead atoms. The number of carbonyl (C=O) groups is 1. The molecule has 140 valence electrons. The molecule has 7 heteroatoms. The molecule has 2 atom stereocenters. The fourth-order valence-corrected chi connectivity index (χ4v) is 4.29. The predicted molar refractivity (Wildman–Crippen MR) is 101 cm³/mol. The number of hydrogen-bond donors (Lipinski definition) is 1. The van der Waals surface area contributed by atoms with Crippen molar-refractivity contribution in [2.24, 2.45) is 4.99 Å². The van der Waals surface area contributed by atoms with Gasteiger partial charge in [0.15, 0.2) is 17.3 Å². The zero-order valence-corrected chi connectivity index (χ0v) is 16.0. The number of allylic oxidation sites excluding steroid dienone is 4. The van der Waals surface area contributed by atoms with Crippen molar-refractivity contribution in [3.05, 3.63) is 46.7 Å². The third kappa shape index (κ3) is 3.73. The van der Waals surface area contributed by atoms with E-state index in [1.54, 1.807) is 45.2 Å². The van der Waals surface area contributed by atoms with Gasteiger partial charge in [-0.05, 0) is 24.1 Å². The van der Waals surface area contributed by atoms with Crippen molar-refractivity contribution in [1.82, 2.24) is 0 Å². The second kappa shape index (κ2) is 8.14. The normalized spacial score (nSPS) is 26.0. The maximum atomic E-state index is 13.0. The van der Waals surface area contributed by atoms with Crippen molar-refractivity contribution in [3.63, 3.8) is 0 Å². The van der Waals surface area contributed by atoms with Crippen LogP contribution in [0.25, 0.3) is 0 Å². The van der Waals surface area contributed by atoms with E-state index < -0.39 is 6.04 Å². The van der Waals surface area contributed by atoms with Crippen LogP contribution >= 0.6 is 11.8 Å². The lowest BCUT2D eigenvalue weighted by atomic mass is 9.93. The Labute approximate surface area is 157 Å². The van der Waals surface area contributed by atoms with Crippen molar-refractivity contribution in [2.75, 3.05) is 27.1 Å². The average Bonchev–Trinajstić information content (AvgIpc) is 3.16. The lowest BCUT2D eigenvalue weighted by molar-refractivity contribution is -0.116. The summed E-state index contributed by atoms with van der Waals surface area (Å²) in [5.41, 5.74) is 1.72. The molecule has 6 nitrogen and oxygen atoms in total. The van der Waals surface area contributed by atoms with Crippen LogP contribution in [0.4, 0.5) is 0 Å². The molecule has 0 aromatic heterocycles. The van der Waals surface area contributed by atoms with Crippen molar-refractivity contribution in [3.8, 4) is 0 Å². The van der Waals surface area contributed by atoms with Gasteiger partial charge in [-0.3, -0.25) is 9.79 Å². The molecule has 0 aromatic carbocycles. The number of ether oxygens (including phenoxy) is 3. The number of aliphatic hydroxyl groups excluding tert-OH is 1. The van der Waals surface area contributed by atoms with Gasteiger partial charge in [0.05, 0.1) is 25.0 Å². The molecule has 3 aliphatic rings. The van der Waals surface area contributed by atoms with Crippen molar-refractivity contribution >= 4 is 22.6 Å². The number of nitrogens with zero attached hydrogens (tertiary/aromatic N) is 1. The fourth-order valence-electron chi connectivity index (χ4n) is 3.20. The van der Waals surface area contributed by atoms with Crippen LogP contribution in [0.15, 0.2) is 51.6 Å². The van der Waals surface area contributed by atoms with Gasteiger partial charge < -0.3 is 19.3 Å². The highest BCUT2D eigenvalue weighted by atomic mass is 32.2. The number of Topliss-reactive ketones (excluding diaryl/α,β-unsaturated/α-hetero) is 1. The van der Waals surface area contributed by atoms with Crippen LogP contribution in [0.5, 0.6) is 0 Å². The van der Waals surface area contributed by atoms with Crippen LogP contribution in [0, 0.1) is 0 Å². The van der Waals surface area contributed by atoms with Crippen LogP contribution < -0.4 is 0 Å². The molecular weight excluding hydrogens is 354 g/mol. The highest BCUT2D eigenvalue weighted by Crippen LogP contribution is 2.33. The smallest absolute Gasteiger partial charge is 0.184 e. The Balaban J connectivity index is 1.80. The Morgan fingerprint density at radius 3 is 2.65 bits per heavy atom. The number of thioether (sulfide) groups is 1. The van der Waals surface area contributed by atoms with E-state index in [9.17, 15) is 9.90 Å². The Bertz CT molecular complexity index is 747.